The van der Waals surface area contributed by atoms with E-state index in [9.17, 15) is 14.9 Å². The van der Waals surface area contributed by atoms with Crippen molar-refractivity contribution in [3.8, 4) is 0 Å². The molecule has 1 aliphatic heterocycles. The van der Waals surface area contributed by atoms with Crippen molar-refractivity contribution in [2.75, 3.05) is 31.6 Å². The van der Waals surface area contributed by atoms with Gasteiger partial charge in [-0.25, -0.2) is 0 Å². The molecular formula is C13H16ClN3O4. The highest BCUT2D eigenvalue weighted by Gasteiger charge is 2.23. The van der Waals surface area contributed by atoms with Crippen LogP contribution in [0.5, 0.6) is 0 Å². The van der Waals surface area contributed by atoms with Gasteiger partial charge in [-0.3, -0.25) is 14.9 Å². The molecule has 0 spiro atoms. The highest BCUT2D eigenvalue weighted by molar-refractivity contribution is 6.30. The van der Waals surface area contributed by atoms with Crippen molar-refractivity contribution in [3.05, 3.63) is 33.3 Å². The Kier molecular flexibility index (Phi) is 4.98. The van der Waals surface area contributed by atoms with E-state index in [0.717, 1.165) is 0 Å². The minimum absolute atomic E-state index is 0.000716. The fourth-order valence-corrected chi connectivity index (χ4v) is 2.32. The number of ether oxygens (including phenoxy) is 1. The molecule has 1 saturated heterocycles. The van der Waals surface area contributed by atoms with Crippen molar-refractivity contribution in [1.29, 1.82) is 0 Å². The normalized spacial score (nSPS) is 18.4. The summed E-state index contributed by atoms with van der Waals surface area (Å²) in [7, 11) is 0. The second-order valence-corrected chi connectivity index (χ2v) is 5.19. The summed E-state index contributed by atoms with van der Waals surface area (Å²) in [5, 5.41) is 14.3. The quantitative estimate of drug-likeness (QED) is 0.678. The average molecular weight is 314 g/mol. The predicted molar refractivity (Wildman–Crippen MR) is 78.6 cm³/mol. The zero-order chi connectivity index (χ0) is 15.4. The summed E-state index contributed by atoms with van der Waals surface area (Å²) in [6.07, 6.45) is -0.196. The van der Waals surface area contributed by atoms with Gasteiger partial charge in [0.2, 0.25) is 5.91 Å². The third-order valence-electron chi connectivity index (χ3n) is 3.26. The maximum Gasteiger partial charge on any atom is 0.293 e. The van der Waals surface area contributed by atoms with Gasteiger partial charge in [-0.1, -0.05) is 11.6 Å². The molecule has 2 rings (SSSR count). The first-order valence-corrected chi connectivity index (χ1v) is 6.90. The number of nitrogens with one attached hydrogen (secondary N) is 1. The van der Waals surface area contributed by atoms with Crippen molar-refractivity contribution in [2.24, 2.45) is 0 Å². The highest BCUT2D eigenvalue weighted by atomic mass is 35.5. The molecule has 0 bridgehead atoms. The molecule has 1 heterocycles. The van der Waals surface area contributed by atoms with Crippen LogP contribution >= 0.6 is 11.6 Å². The third-order valence-corrected chi connectivity index (χ3v) is 3.50. The van der Waals surface area contributed by atoms with Gasteiger partial charge in [-0.2, -0.15) is 0 Å². The number of halogens is 1. The lowest BCUT2D eigenvalue weighted by Gasteiger charge is -2.32. The van der Waals surface area contributed by atoms with Gasteiger partial charge in [0, 0.05) is 37.6 Å². The number of carbonyl (C=O) groups is 1. The number of hydrogen-bond donors (Lipinski definition) is 1. The smallest absolute Gasteiger partial charge is 0.293 e. The van der Waals surface area contributed by atoms with Crippen LogP contribution in [0.4, 0.5) is 11.4 Å². The number of nitrogens with zero attached hydrogens (tertiary/aromatic N) is 2. The van der Waals surface area contributed by atoms with E-state index in [2.05, 4.69) is 5.32 Å². The molecule has 1 aromatic carbocycles. The highest BCUT2D eigenvalue weighted by Crippen LogP contribution is 2.27. The molecule has 7 nitrogen and oxygen atoms in total. The van der Waals surface area contributed by atoms with Crippen molar-refractivity contribution in [1.82, 2.24) is 4.90 Å². The molecule has 1 fully saturated rings. The zero-order valence-corrected chi connectivity index (χ0v) is 12.3. The Morgan fingerprint density at radius 1 is 1.62 bits per heavy atom. The summed E-state index contributed by atoms with van der Waals surface area (Å²) >= 11 is 5.76. The van der Waals surface area contributed by atoms with Crippen molar-refractivity contribution >= 4 is 28.9 Å². The van der Waals surface area contributed by atoms with Crippen molar-refractivity contribution in [3.63, 3.8) is 0 Å². The molecule has 0 aromatic heterocycles. The van der Waals surface area contributed by atoms with Crippen molar-refractivity contribution in [2.45, 2.75) is 13.0 Å². The van der Waals surface area contributed by atoms with Crippen LogP contribution in [0.2, 0.25) is 5.02 Å². The number of morpholine rings is 1. The lowest BCUT2D eigenvalue weighted by molar-refractivity contribution is -0.383. The Balaban J connectivity index is 2.00. The van der Waals surface area contributed by atoms with Gasteiger partial charge in [-0.05, 0) is 12.1 Å². The van der Waals surface area contributed by atoms with Crippen LogP contribution in [0.1, 0.15) is 6.92 Å². The second kappa shape index (κ2) is 6.73. The van der Waals surface area contributed by atoms with Crippen LogP contribution in [0.3, 0.4) is 0 Å². The van der Waals surface area contributed by atoms with E-state index in [0.29, 0.717) is 37.0 Å². The molecule has 8 heteroatoms. The molecule has 21 heavy (non-hydrogen) atoms. The number of nitro benzene ring substituents is 1. The molecule has 0 saturated carbocycles. The zero-order valence-electron chi connectivity index (χ0n) is 11.5. The molecule has 1 N–H and O–H groups in total. The van der Waals surface area contributed by atoms with Gasteiger partial charge in [0.25, 0.3) is 5.69 Å². The predicted octanol–water partition coefficient (Wildman–Crippen LogP) is 1.91. The standard InChI is InChI=1S/C13H16ClN3O4/c1-9(18)16-4-5-21-11(8-16)7-15-12-3-2-10(14)6-13(12)17(19)20/h2-3,6,11,15H,4-5,7-8H2,1H3/t11-/m0/s1. The molecule has 0 aliphatic carbocycles. The minimum atomic E-state index is -0.488. The molecule has 1 aromatic rings. The molecule has 1 aliphatic rings. The summed E-state index contributed by atoms with van der Waals surface area (Å²) in [5.41, 5.74) is 0.301. The lowest BCUT2D eigenvalue weighted by Crippen LogP contribution is -2.47. The van der Waals surface area contributed by atoms with E-state index < -0.39 is 4.92 Å². The maximum atomic E-state index is 11.3. The number of anilines is 1. The Morgan fingerprint density at radius 2 is 2.38 bits per heavy atom. The fraction of sp³-hybridized carbons (Fsp3) is 0.462. The topological polar surface area (TPSA) is 84.7 Å². The van der Waals surface area contributed by atoms with Crippen LogP contribution in [0.25, 0.3) is 0 Å². The number of amides is 1. The number of nitro groups is 1. The first kappa shape index (κ1) is 15.5. The summed E-state index contributed by atoms with van der Waals surface area (Å²) in [6.45, 7) is 3.41. The molecule has 114 valence electrons. The van der Waals surface area contributed by atoms with Crippen LogP contribution in [0, 0.1) is 10.1 Å². The average Bonchev–Trinajstić information content (AvgIpc) is 2.46. The van der Waals surface area contributed by atoms with E-state index in [1.54, 1.807) is 17.0 Å². The molecular weight excluding hydrogens is 298 g/mol. The number of carbonyl (C=O) groups excluding carboxylic acids is 1. The third kappa shape index (κ3) is 4.05. The Hall–Kier alpha value is -1.86. The molecule has 1 amide bonds. The van der Waals surface area contributed by atoms with Gasteiger partial charge in [0.15, 0.2) is 0 Å². The Bertz CT molecular complexity index is 552. The maximum absolute atomic E-state index is 11.3. The van der Waals surface area contributed by atoms with Gasteiger partial charge < -0.3 is 15.0 Å². The van der Waals surface area contributed by atoms with Crippen LogP contribution in [-0.4, -0.2) is 48.1 Å². The Morgan fingerprint density at radius 3 is 3.05 bits per heavy atom. The van der Waals surface area contributed by atoms with Gasteiger partial charge in [0.05, 0.1) is 17.6 Å². The number of hydrogen-bond acceptors (Lipinski definition) is 5. The fourth-order valence-electron chi connectivity index (χ4n) is 2.16. The van der Waals surface area contributed by atoms with Crippen LogP contribution < -0.4 is 5.32 Å². The monoisotopic (exact) mass is 313 g/mol. The van der Waals surface area contributed by atoms with Crippen molar-refractivity contribution < 1.29 is 14.5 Å². The second-order valence-electron chi connectivity index (χ2n) is 4.76. The van der Waals surface area contributed by atoms with E-state index in [4.69, 9.17) is 16.3 Å². The first-order valence-electron chi connectivity index (χ1n) is 6.52. The van der Waals surface area contributed by atoms with Crippen LogP contribution in [-0.2, 0) is 9.53 Å². The largest absolute Gasteiger partial charge is 0.377 e. The van der Waals surface area contributed by atoms with Gasteiger partial charge in [-0.15, -0.1) is 0 Å². The van der Waals surface area contributed by atoms with E-state index >= 15 is 0 Å². The number of benzene rings is 1. The first-order chi connectivity index (χ1) is 9.97. The number of rotatable bonds is 4. The van der Waals surface area contributed by atoms with E-state index in [1.165, 1.54) is 13.0 Å². The summed E-state index contributed by atoms with van der Waals surface area (Å²) in [5.74, 6) is 0.000716. The molecule has 0 radical (unpaired) electrons. The Labute approximate surface area is 127 Å². The van der Waals surface area contributed by atoms with E-state index in [-0.39, 0.29) is 17.7 Å². The summed E-state index contributed by atoms with van der Waals surface area (Å²) in [6, 6.07) is 4.44. The van der Waals surface area contributed by atoms with Gasteiger partial charge in [0.1, 0.15) is 5.69 Å². The lowest BCUT2D eigenvalue weighted by atomic mass is 10.2. The SMILES string of the molecule is CC(=O)N1CCO[C@@H](CNc2ccc(Cl)cc2[N+](=O)[O-])C1. The van der Waals surface area contributed by atoms with E-state index in [1.807, 2.05) is 0 Å². The molecule has 0 unspecified atom stereocenters. The summed E-state index contributed by atoms with van der Waals surface area (Å²) < 4.78 is 5.55. The minimum Gasteiger partial charge on any atom is -0.377 e. The molecule has 1 atom stereocenters. The summed E-state index contributed by atoms with van der Waals surface area (Å²) in [4.78, 5) is 23.5. The van der Waals surface area contributed by atoms with Gasteiger partial charge >= 0.3 is 0 Å². The van der Waals surface area contributed by atoms with Crippen LogP contribution in [0.15, 0.2) is 18.2 Å².